The lowest BCUT2D eigenvalue weighted by Crippen LogP contribution is -2.24. The molecule has 96 valence electrons. The molecule has 2 heterocycles. The van der Waals surface area contributed by atoms with Crippen LogP contribution < -0.4 is 5.73 Å². The largest absolute Gasteiger partial charge is 0.468 e. The van der Waals surface area contributed by atoms with Crippen LogP contribution in [-0.4, -0.2) is 18.0 Å². The van der Waals surface area contributed by atoms with E-state index in [1.807, 2.05) is 0 Å². The van der Waals surface area contributed by atoms with Crippen LogP contribution in [-0.2, 0) is 13.1 Å². The van der Waals surface area contributed by atoms with E-state index >= 15 is 0 Å². The molecule has 3 nitrogen and oxygen atoms in total. The fourth-order valence-corrected chi connectivity index (χ4v) is 2.63. The predicted molar refractivity (Wildman–Crippen MR) is 69.5 cm³/mol. The lowest BCUT2D eigenvalue weighted by Gasteiger charge is -2.18. The number of hydrogen-bond acceptors (Lipinski definition) is 3. The molecule has 0 saturated carbocycles. The fraction of sp³-hybridized carbons (Fsp3) is 0.714. The van der Waals surface area contributed by atoms with Gasteiger partial charge in [-0.2, -0.15) is 0 Å². The van der Waals surface area contributed by atoms with Crippen molar-refractivity contribution >= 4 is 0 Å². The van der Waals surface area contributed by atoms with Crippen LogP contribution >= 0.6 is 0 Å². The maximum atomic E-state index is 5.58. The minimum Gasteiger partial charge on any atom is -0.468 e. The molecule has 1 aliphatic rings. The zero-order valence-corrected chi connectivity index (χ0v) is 10.8. The summed E-state index contributed by atoms with van der Waals surface area (Å²) in [4.78, 5) is 2.51. The first-order chi connectivity index (χ1) is 8.31. The van der Waals surface area contributed by atoms with Gasteiger partial charge in [-0.25, -0.2) is 0 Å². The van der Waals surface area contributed by atoms with Crippen molar-refractivity contribution in [2.24, 2.45) is 11.7 Å². The van der Waals surface area contributed by atoms with Crippen molar-refractivity contribution in [2.75, 3.05) is 13.1 Å². The zero-order chi connectivity index (χ0) is 12.1. The van der Waals surface area contributed by atoms with Crippen LogP contribution in [0, 0.1) is 5.92 Å². The van der Waals surface area contributed by atoms with Crippen LogP contribution in [0.2, 0.25) is 0 Å². The molecule has 1 aromatic rings. The summed E-state index contributed by atoms with van der Waals surface area (Å²) in [6, 6.07) is 2.09. The van der Waals surface area contributed by atoms with E-state index in [0.717, 1.165) is 23.8 Å². The lowest BCUT2D eigenvalue weighted by molar-refractivity contribution is 0.249. The second-order valence-corrected chi connectivity index (χ2v) is 5.11. The molecule has 2 rings (SSSR count). The maximum Gasteiger partial charge on any atom is 0.118 e. The summed E-state index contributed by atoms with van der Waals surface area (Å²) in [7, 11) is 0. The molecule has 1 aliphatic heterocycles. The average molecular weight is 236 g/mol. The molecule has 1 fully saturated rings. The molecule has 1 unspecified atom stereocenters. The van der Waals surface area contributed by atoms with Crippen molar-refractivity contribution in [1.82, 2.24) is 4.90 Å². The van der Waals surface area contributed by atoms with Crippen molar-refractivity contribution in [3.05, 3.63) is 23.7 Å². The van der Waals surface area contributed by atoms with Crippen LogP contribution in [0.15, 0.2) is 16.7 Å². The minimum absolute atomic E-state index is 0.571. The van der Waals surface area contributed by atoms with Gasteiger partial charge in [0.2, 0.25) is 0 Å². The molecule has 0 spiro atoms. The van der Waals surface area contributed by atoms with Gasteiger partial charge in [0.05, 0.1) is 12.8 Å². The summed E-state index contributed by atoms with van der Waals surface area (Å²) in [5.41, 5.74) is 6.68. The molecule has 3 heteroatoms. The predicted octanol–water partition coefficient (Wildman–Crippen LogP) is 2.75. The van der Waals surface area contributed by atoms with Crippen molar-refractivity contribution in [3.8, 4) is 0 Å². The fourth-order valence-electron chi connectivity index (χ4n) is 2.63. The highest BCUT2D eigenvalue weighted by atomic mass is 16.3. The van der Waals surface area contributed by atoms with Gasteiger partial charge in [-0.15, -0.1) is 0 Å². The summed E-state index contributed by atoms with van der Waals surface area (Å²) in [6.07, 6.45) is 7.15. The molecule has 0 bridgehead atoms. The van der Waals surface area contributed by atoms with Crippen LogP contribution in [0.1, 0.15) is 43.9 Å². The van der Waals surface area contributed by atoms with E-state index in [-0.39, 0.29) is 0 Å². The number of likely N-dealkylation sites (tertiary alicyclic amines) is 1. The van der Waals surface area contributed by atoms with E-state index in [1.165, 1.54) is 38.8 Å². The molecular formula is C14H24N2O. The summed E-state index contributed by atoms with van der Waals surface area (Å²) in [5, 5.41) is 0. The second kappa shape index (κ2) is 6.22. The van der Waals surface area contributed by atoms with Gasteiger partial charge in [0.15, 0.2) is 0 Å². The number of hydrogen-bond donors (Lipinski definition) is 1. The number of nitrogens with two attached hydrogens (primary N) is 1. The van der Waals surface area contributed by atoms with Gasteiger partial charge in [-0.3, -0.25) is 4.90 Å². The van der Waals surface area contributed by atoms with E-state index in [9.17, 15) is 0 Å². The quantitative estimate of drug-likeness (QED) is 0.874. The third-order valence-electron chi connectivity index (χ3n) is 3.84. The Morgan fingerprint density at radius 1 is 1.41 bits per heavy atom. The summed E-state index contributed by atoms with van der Waals surface area (Å²) >= 11 is 0. The third kappa shape index (κ3) is 3.58. The normalized spacial score (nSPS) is 22.6. The molecule has 1 aromatic heterocycles. The van der Waals surface area contributed by atoms with E-state index in [0.29, 0.717) is 6.54 Å². The first kappa shape index (κ1) is 12.7. The highest BCUT2D eigenvalue weighted by molar-refractivity contribution is 5.12. The first-order valence-electron chi connectivity index (χ1n) is 6.80. The zero-order valence-electron chi connectivity index (χ0n) is 10.8. The summed E-state index contributed by atoms with van der Waals surface area (Å²) in [5.74, 6) is 1.98. The Balaban J connectivity index is 1.86. The first-order valence-corrected chi connectivity index (χ1v) is 6.80. The Hall–Kier alpha value is -0.800. The van der Waals surface area contributed by atoms with Crippen LogP contribution in [0.25, 0.3) is 0 Å². The van der Waals surface area contributed by atoms with E-state index in [2.05, 4.69) is 17.9 Å². The van der Waals surface area contributed by atoms with E-state index in [4.69, 9.17) is 10.2 Å². The lowest BCUT2D eigenvalue weighted by atomic mass is 9.98. The van der Waals surface area contributed by atoms with E-state index in [1.54, 1.807) is 6.26 Å². The molecule has 0 amide bonds. The summed E-state index contributed by atoms with van der Waals surface area (Å²) < 4.78 is 5.53. The highest BCUT2D eigenvalue weighted by Gasteiger charge is 2.16. The molecule has 0 aromatic carbocycles. The Bertz CT molecular complexity index is 335. The SMILES string of the molecule is CCC1CCCN(Cc2cc(CN)co2)CC1. The molecule has 0 radical (unpaired) electrons. The molecule has 1 saturated heterocycles. The van der Waals surface area contributed by atoms with Gasteiger partial charge in [0.25, 0.3) is 0 Å². The standard InChI is InChI=1S/C14H24N2O/c1-2-12-4-3-6-16(7-5-12)10-14-8-13(9-15)11-17-14/h8,11-12H,2-7,9-10,15H2,1H3. The molecule has 1 atom stereocenters. The van der Waals surface area contributed by atoms with Crippen molar-refractivity contribution in [3.63, 3.8) is 0 Å². The third-order valence-corrected chi connectivity index (χ3v) is 3.84. The Kier molecular flexibility index (Phi) is 4.63. The number of furan rings is 1. The van der Waals surface area contributed by atoms with Crippen molar-refractivity contribution < 1.29 is 4.42 Å². The van der Waals surface area contributed by atoms with Crippen LogP contribution in [0.4, 0.5) is 0 Å². The molecular weight excluding hydrogens is 212 g/mol. The number of rotatable bonds is 4. The monoisotopic (exact) mass is 236 g/mol. The Morgan fingerprint density at radius 3 is 3.00 bits per heavy atom. The highest BCUT2D eigenvalue weighted by Crippen LogP contribution is 2.21. The van der Waals surface area contributed by atoms with Crippen molar-refractivity contribution in [1.29, 1.82) is 0 Å². The Labute approximate surface area is 104 Å². The van der Waals surface area contributed by atoms with E-state index < -0.39 is 0 Å². The maximum absolute atomic E-state index is 5.58. The van der Waals surface area contributed by atoms with Crippen molar-refractivity contribution in [2.45, 2.75) is 45.7 Å². The summed E-state index contributed by atoms with van der Waals surface area (Å²) in [6.45, 7) is 6.23. The van der Waals surface area contributed by atoms with Crippen LogP contribution in [0.5, 0.6) is 0 Å². The van der Waals surface area contributed by atoms with Gasteiger partial charge < -0.3 is 10.2 Å². The van der Waals surface area contributed by atoms with Crippen LogP contribution in [0.3, 0.4) is 0 Å². The van der Waals surface area contributed by atoms with Gasteiger partial charge in [-0.1, -0.05) is 13.3 Å². The second-order valence-electron chi connectivity index (χ2n) is 5.11. The van der Waals surface area contributed by atoms with Gasteiger partial charge in [-0.05, 0) is 44.3 Å². The number of nitrogens with zero attached hydrogens (tertiary/aromatic N) is 1. The van der Waals surface area contributed by atoms with Gasteiger partial charge in [0, 0.05) is 12.1 Å². The average Bonchev–Trinajstić information content (AvgIpc) is 2.68. The Morgan fingerprint density at radius 2 is 2.29 bits per heavy atom. The molecule has 0 aliphatic carbocycles. The van der Waals surface area contributed by atoms with Gasteiger partial charge in [0.1, 0.15) is 5.76 Å². The van der Waals surface area contributed by atoms with Gasteiger partial charge >= 0.3 is 0 Å². The molecule has 17 heavy (non-hydrogen) atoms. The topological polar surface area (TPSA) is 42.4 Å². The smallest absolute Gasteiger partial charge is 0.118 e. The minimum atomic E-state index is 0.571. The molecule has 2 N–H and O–H groups in total.